The molecule has 1 saturated heterocycles. The summed E-state index contributed by atoms with van der Waals surface area (Å²) in [6.07, 6.45) is 13.2. The number of aromatic nitrogens is 3. The van der Waals surface area contributed by atoms with Crippen molar-refractivity contribution in [3.63, 3.8) is 0 Å². The first-order chi connectivity index (χ1) is 19.2. The standard InChI is InChI=1S/C31H47N5O4/c1-6-7-8-9-22(2)33-28-32-21-27-25(23-12-16-35(17-13-23)29(37)40-30(3,4)5)20-26(36(27)34-28)24-10-14-31(15-11-24)38-18-19-39-31/h12,20-22,24H,6-11,13-19H2,1-5H3,(H,33,34). The van der Waals surface area contributed by atoms with Gasteiger partial charge < -0.3 is 24.4 Å². The fraction of sp³-hybridized carbons (Fsp3) is 0.710. The highest BCUT2D eigenvalue weighted by Crippen LogP contribution is 2.43. The minimum Gasteiger partial charge on any atom is -0.444 e. The van der Waals surface area contributed by atoms with Gasteiger partial charge in [0.2, 0.25) is 5.95 Å². The number of hydrogen-bond acceptors (Lipinski definition) is 7. The van der Waals surface area contributed by atoms with Gasteiger partial charge >= 0.3 is 6.09 Å². The zero-order valence-electron chi connectivity index (χ0n) is 25.0. The Morgan fingerprint density at radius 2 is 1.98 bits per heavy atom. The lowest BCUT2D eigenvalue weighted by molar-refractivity contribution is -0.179. The van der Waals surface area contributed by atoms with E-state index in [0.29, 0.717) is 44.2 Å². The summed E-state index contributed by atoms with van der Waals surface area (Å²) < 4.78 is 19.7. The zero-order chi connectivity index (χ0) is 28.3. The zero-order valence-corrected chi connectivity index (χ0v) is 25.0. The lowest BCUT2D eigenvalue weighted by Crippen LogP contribution is -2.39. The fourth-order valence-corrected chi connectivity index (χ4v) is 6.17. The molecule has 9 heteroatoms. The number of unbranched alkanes of at least 4 members (excludes halogenated alkanes) is 2. The van der Waals surface area contributed by atoms with Crippen LogP contribution >= 0.6 is 0 Å². The van der Waals surface area contributed by atoms with Crippen LogP contribution in [0.2, 0.25) is 0 Å². The number of fused-ring (bicyclic) bond motifs is 1. The van der Waals surface area contributed by atoms with Crippen molar-refractivity contribution in [3.05, 3.63) is 29.6 Å². The number of anilines is 1. The van der Waals surface area contributed by atoms with Gasteiger partial charge in [-0.05, 0) is 65.0 Å². The Balaban J connectivity index is 1.39. The maximum absolute atomic E-state index is 12.6. The van der Waals surface area contributed by atoms with Crippen LogP contribution in [0.25, 0.3) is 11.1 Å². The van der Waals surface area contributed by atoms with Crippen molar-refractivity contribution < 1.29 is 19.0 Å². The number of ether oxygens (including phenoxy) is 3. The molecule has 9 nitrogen and oxygen atoms in total. The molecule has 0 aromatic carbocycles. The van der Waals surface area contributed by atoms with Gasteiger partial charge in [0.05, 0.1) is 24.9 Å². The number of hydrogen-bond donors (Lipinski definition) is 1. The predicted molar refractivity (Wildman–Crippen MR) is 156 cm³/mol. The number of rotatable bonds is 8. The van der Waals surface area contributed by atoms with Gasteiger partial charge in [-0.15, -0.1) is 5.10 Å². The maximum Gasteiger partial charge on any atom is 0.410 e. The first-order valence-corrected chi connectivity index (χ1v) is 15.3. The second-order valence-corrected chi connectivity index (χ2v) is 12.7. The third kappa shape index (κ3) is 6.62. The first kappa shape index (κ1) is 28.9. The van der Waals surface area contributed by atoms with Crippen LogP contribution in [-0.4, -0.2) is 69.3 Å². The average Bonchev–Trinajstić information content (AvgIpc) is 3.53. The van der Waals surface area contributed by atoms with E-state index in [1.165, 1.54) is 30.5 Å². The minimum atomic E-state index is -0.502. The Kier molecular flexibility index (Phi) is 8.71. The summed E-state index contributed by atoms with van der Waals surface area (Å²) in [6, 6.07) is 2.63. The summed E-state index contributed by atoms with van der Waals surface area (Å²) in [7, 11) is 0. The molecule has 1 amide bonds. The molecule has 0 radical (unpaired) electrons. The molecule has 2 aliphatic heterocycles. The summed E-state index contributed by atoms with van der Waals surface area (Å²) in [6.45, 7) is 12.7. The Morgan fingerprint density at radius 3 is 2.62 bits per heavy atom. The molecular weight excluding hydrogens is 506 g/mol. The highest BCUT2D eigenvalue weighted by Gasteiger charge is 2.41. The molecule has 5 rings (SSSR count). The summed E-state index contributed by atoms with van der Waals surface area (Å²) >= 11 is 0. The Bertz CT molecular complexity index is 1200. The monoisotopic (exact) mass is 553 g/mol. The normalized spacial score (nSPS) is 20.6. The molecule has 1 atom stereocenters. The van der Waals surface area contributed by atoms with Crippen molar-refractivity contribution in [1.82, 2.24) is 19.5 Å². The molecule has 1 spiro atoms. The second-order valence-electron chi connectivity index (χ2n) is 12.7. The van der Waals surface area contributed by atoms with Crippen LogP contribution in [0.15, 0.2) is 18.3 Å². The largest absolute Gasteiger partial charge is 0.444 e. The van der Waals surface area contributed by atoms with Crippen molar-refractivity contribution in [3.8, 4) is 0 Å². The number of nitrogens with one attached hydrogen (secondary N) is 1. The average molecular weight is 554 g/mol. The Morgan fingerprint density at radius 1 is 1.23 bits per heavy atom. The van der Waals surface area contributed by atoms with E-state index >= 15 is 0 Å². The molecule has 1 N–H and O–H groups in total. The van der Waals surface area contributed by atoms with Gasteiger partial charge in [0.1, 0.15) is 5.60 Å². The maximum atomic E-state index is 12.6. The van der Waals surface area contributed by atoms with Gasteiger partial charge in [-0.2, -0.15) is 0 Å². The molecule has 1 unspecified atom stereocenters. The molecule has 2 fully saturated rings. The number of nitrogens with zero attached hydrogens (tertiary/aromatic N) is 4. The van der Waals surface area contributed by atoms with Crippen molar-refractivity contribution in [2.24, 2.45) is 0 Å². The summed E-state index contributed by atoms with van der Waals surface area (Å²) in [4.78, 5) is 19.1. The Labute approximate surface area is 238 Å². The van der Waals surface area contributed by atoms with Crippen LogP contribution in [0, 0.1) is 0 Å². The van der Waals surface area contributed by atoms with Gasteiger partial charge in [-0.1, -0.05) is 32.3 Å². The van der Waals surface area contributed by atoms with Gasteiger partial charge in [-0.25, -0.2) is 14.3 Å². The molecule has 2 aromatic rings. The molecule has 220 valence electrons. The van der Waals surface area contributed by atoms with Crippen molar-refractivity contribution >= 4 is 23.1 Å². The lowest BCUT2D eigenvalue weighted by atomic mass is 9.83. The van der Waals surface area contributed by atoms with E-state index in [9.17, 15) is 4.79 Å². The van der Waals surface area contributed by atoms with Crippen LogP contribution in [0.4, 0.5) is 10.7 Å². The summed E-state index contributed by atoms with van der Waals surface area (Å²) in [5.41, 5.74) is 4.13. The third-order valence-electron chi connectivity index (χ3n) is 8.35. The van der Waals surface area contributed by atoms with Gasteiger partial charge in [0.15, 0.2) is 5.79 Å². The quantitative estimate of drug-likeness (QED) is 0.372. The molecule has 4 heterocycles. The van der Waals surface area contributed by atoms with Gasteiger partial charge in [0.25, 0.3) is 0 Å². The topological polar surface area (TPSA) is 90.2 Å². The molecule has 2 aromatic heterocycles. The molecule has 0 bridgehead atoms. The van der Waals surface area contributed by atoms with Crippen molar-refractivity contribution in [2.45, 2.75) is 116 Å². The number of amides is 1. The van der Waals surface area contributed by atoms with Gasteiger partial charge in [-0.3, -0.25) is 0 Å². The van der Waals surface area contributed by atoms with Crippen molar-refractivity contribution in [1.29, 1.82) is 0 Å². The smallest absolute Gasteiger partial charge is 0.410 e. The second kappa shape index (κ2) is 12.1. The third-order valence-corrected chi connectivity index (χ3v) is 8.35. The van der Waals surface area contributed by atoms with E-state index in [4.69, 9.17) is 24.3 Å². The van der Waals surface area contributed by atoms with E-state index in [1.54, 1.807) is 4.90 Å². The minimum absolute atomic E-state index is 0.259. The van der Waals surface area contributed by atoms with Gasteiger partial charge in [0, 0.05) is 49.1 Å². The van der Waals surface area contributed by atoms with E-state index < -0.39 is 5.60 Å². The molecular formula is C31H47N5O4. The lowest BCUT2D eigenvalue weighted by Gasteiger charge is -2.35. The van der Waals surface area contributed by atoms with Crippen molar-refractivity contribution in [2.75, 3.05) is 31.6 Å². The van der Waals surface area contributed by atoms with Crippen LogP contribution in [-0.2, 0) is 14.2 Å². The molecule has 1 aliphatic carbocycles. The van der Waals surface area contributed by atoms with Crippen LogP contribution in [0.1, 0.15) is 110 Å². The van der Waals surface area contributed by atoms with Crippen LogP contribution in [0.3, 0.4) is 0 Å². The van der Waals surface area contributed by atoms with Crippen LogP contribution < -0.4 is 5.32 Å². The fourth-order valence-electron chi connectivity index (χ4n) is 6.17. The number of carbonyl (C=O) groups is 1. The van der Waals surface area contributed by atoms with Crippen LogP contribution in [0.5, 0.6) is 0 Å². The van der Waals surface area contributed by atoms with E-state index in [1.807, 2.05) is 27.0 Å². The molecule has 1 saturated carbocycles. The Hall–Kier alpha value is -2.65. The summed E-state index contributed by atoms with van der Waals surface area (Å²) in [5, 5.41) is 8.56. The number of carbonyl (C=O) groups excluding carboxylic acids is 1. The highest BCUT2D eigenvalue weighted by molar-refractivity contribution is 5.81. The van der Waals surface area contributed by atoms with E-state index in [2.05, 4.69) is 35.8 Å². The first-order valence-electron chi connectivity index (χ1n) is 15.3. The molecule has 40 heavy (non-hydrogen) atoms. The predicted octanol–water partition coefficient (Wildman–Crippen LogP) is 6.53. The SMILES string of the molecule is CCCCCC(C)Nc1ncc2c(C3=CCN(C(=O)OC(C)(C)C)CC3)cc(C3CCC4(CC3)OCCO4)n2n1. The van der Waals surface area contributed by atoms with E-state index in [0.717, 1.165) is 49.6 Å². The van der Waals surface area contributed by atoms with E-state index in [-0.39, 0.29) is 11.9 Å². The summed E-state index contributed by atoms with van der Waals surface area (Å²) in [5.74, 6) is 0.647. The molecule has 3 aliphatic rings. The highest BCUT2D eigenvalue weighted by atomic mass is 16.7.